The first kappa shape index (κ1) is 17.2. The molecule has 1 aliphatic heterocycles. The van der Waals surface area contributed by atoms with Crippen molar-refractivity contribution in [1.29, 1.82) is 0 Å². The van der Waals surface area contributed by atoms with E-state index in [0.29, 0.717) is 17.0 Å². The van der Waals surface area contributed by atoms with Gasteiger partial charge in [0.25, 0.3) is 5.91 Å². The van der Waals surface area contributed by atoms with Crippen molar-refractivity contribution in [3.8, 4) is 0 Å². The van der Waals surface area contributed by atoms with Crippen molar-refractivity contribution >= 4 is 40.5 Å². The molecule has 1 aromatic carbocycles. The van der Waals surface area contributed by atoms with E-state index >= 15 is 0 Å². The van der Waals surface area contributed by atoms with Gasteiger partial charge < -0.3 is 15.0 Å². The van der Waals surface area contributed by atoms with E-state index in [0.717, 1.165) is 23.5 Å². The van der Waals surface area contributed by atoms with E-state index < -0.39 is 11.9 Å². The van der Waals surface area contributed by atoms with Crippen molar-refractivity contribution < 1.29 is 19.1 Å². The molecule has 6 nitrogen and oxygen atoms in total. The molecule has 0 radical (unpaired) electrons. The van der Waals surface area contributed by atoms with E-state index in [9.17, 15) is 14.4 Å². The second-order valence-electron chi connectivity index (χ2n) is 5.73. The van der Waals surface area contributed by atoms with Crippen molar-refractivity contribution in [2.24, 2.45) is 0 Å². The van der Waals surface area contributed by atoms with Crippen molar-refractivity contribution in [2.75, 3.05) is 23.4 Å². The molecule has 0 spiro atoms. The summed E-state index contributed by atoms with van der Waals surface area (Å²) in [5, 5.41) is 2.67. The van der Waals surface area contributed by atoms with Gasteiger partial charge >= 0.3 is 5.97 Å². The van der Waals surface area contributed by atoms with Gasteiger partial charge in [-0.1, -0.05) is 0 Å². The normalized spacial score (nSPS) is 13.8. The first-order chi connectivity index (χ1) is 12.0. The summed E-state index contributed by atoms with van der Waals surface area (Å²) in [6, 6.07) is 10.5. The topological polar surface area (TPSA) is 75.7 Å². The third-order valence-electron chi connectivity index (χ3n) is 3.81. The molecule has 1 fully saturated rings. The number of benzene rings is 1. The maximum atomic E-state index is 11.9. The van der Waals surface area contributed by atoms with Crippen molar-refractivity contribution in [2.45, 2.75) is 19.8 Å². The number of esters is 1. The number of carbonyl (C=O) groups is 3. The minimum absolute atomic E-state index is 0.118. The van der Waals surface area contributed by atoms with E-state index in [4.69, 9.17) is 4.74 Å². The molecule has 7 heteroatoms. The predicted octanol–water partition coefficient (Wildman–Crippen LogP) is 2.98. The highest BCUT2D eigenvalue weighted by Gasteiger charge is 2.21. The number of nitrogens with zero attached hydrogens (tertiary/aromatic N) is 1. The average Bonchev–Trinajstić information content (AvgIpc) is 3.22. The van der Waals surface area contributed by atoms with Gasteiger partial charge in [0, 0.05) is 29.2 Å². The third kappa shape index (κ3) is 4.24. The first-order valence-corrected chi connectivity index (χ1v) is 8.78. The average molecular weight is 358 g/mol. The van der Waals surface area contributed by atoms with E-state index in [-0.39, 0.29) is 12.5 Å². The highest BCUT2D eigenvalue weighted by molar-refractivity contribution is 7.13. The minimum Gasteiger partial charge on any atom is -0.451 e. The number of ether oxygens (including phenoxy) is 1. The summed E-state index contributed by atoms with van der Waals surface area (Å²) < 4.78 is 5.00. The monoisotopic (exact) mass is 358 g/mol. The Morgan fingerprint density at radius 1 is 1.20 bits per heavy atom. The summed E-state index contributed by atoms with van der Waals surface area (Å²) >= 11 is 1.33. The highest BCUT2D eigenvalue weighted by Crippen LogP contribution is 2.23. The van der Waals surface area contributed by atoms with E-state index in [1.54, 1.807) is 35.2 Å². The Labute approximate surface area is 149 Å². The minimum atomic E-state index is -0.504. The van der Waals surface area contributed by atoms with Gasteiger partial charge in [0.15, 0.2) is 6.61 Å². The zero-order chi connectivity index (χ0) is 17.8. The number of rotatable bonds is 5. The summed E-state index contributed by atoms with van der Waals surface area (Å²) in [4.78, 5) is 38.6. The lowest BCUT2D eigenvalue weighted by Crippen LogP contribution is -2.23. The summed E-state index contributed by atoms with van der Waals surface area (Å²) in [7, 11) is 0. The van der Waals surface area contributed by atoms with Crippen LogP contribution in [0.2, 0.25) is 0 Å². The summed E-state index contributed by atoms with van der Waals surface area (Å²) in [6.45, 7) is 2.28. The molecule has 1 aromatic heterocycles. The first-order valence-electron chi connectivity index (χ1n) is 7.97. The number of aryl methyl sites for hydroxylation is 1. The fourth-order valence-corrected chi connectivity index (χ4v) is 3.35. The molecule has 25 heavy (non-hydrogen) atoms. The maximum Gasteiger partial charge on any atom is 0.348 e. The molecule has 1 N–H and O–H groups in total. The van der Waals surface area contributed by atoms with Crippen LogP contribution in [0.1, 0.15) is 27.4 Å². The second kappa shape index (κ2) is 7.48. The Balaban J connectivity index is 1.51. The lowest BCUT2D eigenvalue weighted by molar-refractivity contribution is -0.119. The van der Waals surface area contributed by atoms with Crippen LogP contribution in [0.25, 0.3) is 0 Å². The molecule has 0 bridgehead atoms. The molecule has 0 saturated carbocycles. The van der Waals surface area contributed by atoms with Gasteiger partial charge in [-0.2, -0.15) is 0 Å². The van der Waals surface area contributed by atoms with Gasteiger partial charge in [-0.15, -0.1) is 11.3 Å². The molecular formula is C18H18N2O4S. The highest BCUT2D eigenvalue weighted by atomic mass is 32.1. The Hall–Kier alpha value is -2.67. The molecule has 0 atom stereocenters. The number of hydrogen-bond acceptors (Lipinski definition) is 5. The van der Waals surface area contributed by atoms with Crippen LogP contribution in [-0.4, -0.2) is 30.9 Å². The number of hydrogen-bond donors (Lipinski definition) is 1. The third-order valence-corrected chi connectivity index (χ3v) is 4.79. The predicted molar refractivity (Wildman–Crippen MR) is 96.0 cm³/mol. The maximum absolute atomic E-state index is 11.9. The van der Waals surface area contributed by atoms with Gasteiger partial charge in [-0.25, -0.2) is 4.79 Å². The smallest absolute Gasteiger partial charge is 0.348 e. The van der Waals surface area contributed by atoms with Crippen LogP contribution in [0.3, 0.4) is 0 Å². The molecule has 2 heterocycles. The van der Waals surface area contributed by atoms with Crippen LogP contribution in [0.5, 0.6) is 0 Å². The molecule has 1 aliphatic rings. The fourth-order valence-electron chi connectivity index (χ4n) is 2.59. The standard InChI is InChI=1S/C18H18N2O4S/c1-12-4-9-15(25-12)18(23)24-11-16(21)19-13-5-7-14(8-6-13)20-10-2-3-17(20)22/h4-9H,2-3,10-11H2,1H3,(H,19,21). The lowest BCUT2D eigenvalue weighted by Gasteiger charge is -2.16. The van der Waals surface area contributed by atoms with Gasteiger partial charge in [-0.3, -0.25) is 9.59 Å². The molecule has 130 valence electrons. The van der Waals surface area contributed by atoms with Crippen molar-refractivity contribution in [3.05, 3.63) is 46.2 Å². The molecule has 3 rings (SSSR count). The van der Waals surface area contributed by atoms with Gasteiger partial charge in [-0.05, 0) is 49.7 Å². The van der Waals surface area contributed by atoms with Crippen LogP contribution in [0.4, 0.5) is 11.4 Å². The fraction of sp³-hybridized carbons (Fsp3) is 0.278. The number of anilines is 2. The Morgan fingerprint density at radius 3 is 2.56 bits per heavy atom. The molecular weight excluding hydrogens is 340 g/mol. The Kier molecular flexibility index (Phi) is 5.14. The second-order valence-corrected chi connectivity index (χ2v) is 7.02. The molecule has 0 aliphatic carbocycles. The SMILES string of the molecule is Cc1ccc(C(=O)OCC(=O)Nc2ccc(N3CCCC3=O)cc2)s1. The van der Waals surface area contributed by atoms with Gasteiger partial charge in [0.1, 0.15) is 4.88 Å². The quantitative estimate of drug-likeness (QED) is 0.834. The van der Waals surface area contributed by atoms with Crippen molar-refractivity contribution in [3.63, 3.8) is 0 Å². The number of nitrogens with one attached hydrogen (secondary N) is 1. The summed E-state index contributed by atoms with van der Waals surface area (Å²) in [5.41, 5.74) is 1.41. The zero-order valence-corrected chi connectivity index (χ0v) is 14.6. The van der Waals surface area contributed by atoms with Gasteiger partial charge in [0.2, 0.25) is 5.91 Å². The summed E-state index contributed by atoms with van der Waals surface area (Å²) in [5.74, 6) is -0.796. The molecule has 2 aromatic rings. The Bertz CT molecular complexity index is 798. The van der Waals surface area contributed by atoms with E-state index in [1.807, 2.05) is 13.0 Å². The van der Waals surface area contributed by atoms with Crippen LogP contribution in [0, 0.1) is 6.92 Å². The molecule has 0 unspecified atom stereocenters. The Morgan fingerprint density at radius 2 is 1.96 bits per heavy atom. The molecule has 2 amide bonds. The van der Waals surface area contributed by atoms with E-state index in [2.05, 4.69) is 5.32 Å². The van der Waals surface area contributed by atoms with Crippen LogP contribution in [0.15, 0.2) is 36.4 Å². The van der Waals surface area contributed by atoms with Crippen molar-refractivity contribution in [1.82, 2.24) is 0 Å². The number of amides is 2. The zero-order valence-electron chi connectivity index (χ0n) is 13.8. The number of carbonyl (C=O) groups excluding carboxylic acids is 3. The van der Waals surface area contributed by atoms with E-state index in [1.165, 1.54) is 11.3 Å². The summed E-state index contributed by atoms with van der Waals surface area (Å²) in [6.07, 6.45) is 1.44. The largest absolute Gasteiger partial charge is 0.451 e. The lowest BCUT2D eigenvalue weighted by atomic mass is 10.2. The molecule has 1 saturated heterocycles. The van der Waals surface area contributed by atoms with Crippen LogP contribution < -0.4 is 10.2 Å². The number of thiophene rings is 1. The van der Waals surface area contributed by atoms with Crippen LogP contribution >= 0.6 is 11.3 Å². The van der Waals surface area contributed by atoms with Gasteiger partial charge in [0.05, 0.1) is 0 Å². The van der Waals surface area contributed by atoms with Crippen LogP contribution in [-0.2, 0) is 14.3 Å².